The molecule has 1 atom stereocenters. The van der Waals surface area contributed by atoms with Gasteiger partial charge in [-0.2, -0.15) is 0 Å². The van der Waals surface area contributed by atoms with Crippen molar-refractivity contribution in [3.8, 4) is 0 Å². The number of thiazole rings is 1. The van der Waals surface area contributed by atoms with Crippen molar-refractivity contribution in [3.63, 3.8) is 0 Å². The Bertz CT molecular complexity index is 951. The quantitative estimate of drug-likeness (QED) is 0.832. The minimum Gasteiger partial charge on any atom is -0.339 e. The molecule has 1 fully saturated rings. The number of aryl methyl sites for hydroxylation is 1. The van der Waals surface area contributed by atoms with Crippen LogP contribution in [0.4, 0.5) is 9.52 Å². The van der Waals surface area contributed by atoms with Gasteiger partial charge in [0.05, 0.1) is 11.6 Å². The average Bonchev–Trinajstić information content (AvgIpc) is 3.28. The number of nitrogens with one attached hydrogen (secondary N) is 1. The molecule has 0 spiro atoms. The molecule has 2 heterocycles. The molecule has 4 rings (SSSR count). The molecule has 3 amide bonds. The van der Waals surface area contributed by atoms with Crippen LogP contribution in [-0.4, -0.2) is 58.7 Å². The molecule has 7 nitrogen and oxygen atoms in total. The van der Waals surface area contributed by atoms with Crippen molar-refractivity contribution in [2.24, 2.45) is 0 Å². The lowest BCUT2D eigenvalue weighted by Crippen LogP contribution is -2.51. The third kappa shape index (κ3) is 4.00. The third-order valence-electron chi connectivity index (χ3n) is 5.38. The second-order valence-electron chi connectivity index (χ2n) is 7.21. The summed E-state index contributed by atoms with van der Waals surface area (Å²) in [6, 6.07) is 5.30. The molecular weight excluding hydrogens is 395 g/mol. The summed E-state index contributed by atoms with van der Waals surface area (Å²) in [6.07, 6.45) is 1.47. The fourth-order valence-corrected chi connectivity index (χ4v) is 4.79. The van der Waals surface area contributed by atoms with Crippen LogP contribution in [0.3, 0.4) is 0 Å². The van der Waals surface area contributed by atoms with Gasteiger partial charge in [-0.3, -0.25) is 19.7 Å². The van der Waals surface area contributed by atoms with Crippen LogP contribution >= 0.6 is 11.3 Å². The largest absolute Gasteiger partial charge is 0.339 e. The van der Waals surface area contributed by atoms with Gasteiger partial charge in [-0.05, 0) is 37.1 Å². The van der Waals surface area contributed by atoms with Crippen LogP contribution in [0, 0.1) is 5.82 Å². The fraction of sp³-hybridized carbons (Fsp3) is 0.400. The van der Waals surface area contributed by atoms with Crippen molar-refractivity contribution in [1.82, 2.24) is 14.8 Å². The van der Waals surface area contributed by atoms with Crippen LogP contribution in [0.25, 0.3) is 0 Å². The highest BCUT2D eigenvalue weighted by Crippen LogP contribution is 2.39. The van der Waals surface area contributed by atoms with Gasteiger partial charge < -0.3 is 9.80 Å². The van der Waals surface area contributed by atoms with Gasteiger partial charge >= 0.3 is 0 Å². The average molecular weight is 416 g/mol. The summed E-state index contributed by atoms with van der Waals surface area (Å²) in [7, 11) is 0. The lowest BCUT2D eigenvalue weighted by atomic mass is 10.1. The van der Waals surface area contributed by atoms with E-state index in [9.17, 15) is 18.8 Å². The molecule has 1 aromatic carbocycles. The van der Waals surface area contributed by atoms with Gasteiger partial charge in [0.25, 0.3) is 5.91 Å². The number of aromatic nitrogens is 1. The van der Waals surface area contributed by atoms with Gasteiger partial charge in [0.1, 0.15) is 5.82 Å². The summed E-state index contributed by atoms with van der Waals surface area (Å²) >= 11 is 1.38. The van der Waals surface area contributed by atoms with E-state index in [4.69, 9.17) is 0 Å². The van der Waals surface area contributed by atoms with E-state index in [2.05, 4.69) is 10.3 Å². The Labute approximate surface area is 171 Å². The molecule has 0 bridgehead atoms. The zero-order valence-electron chi connectivity index (χ0n) is 16.0. The number of hydrogen-bond donors (Lipinski definition) is 1. The predicted octanol–water partition coefficient (Wildman–Crippen LogP) is 2.26. The van der Waals surface area contributed by atoms with E-state index in [-0.39, 0.29) is 23.6 Å². The van der Waals surface area contributed by atoms with Crippen LogP contribution in [-0.2, 0) is 16.0 Å². The number of carbonyl (C=O) groups is 3. The first kappa shape index (κ1) is 19.5. The molecule has 2 aromatic rings. The maximum atomic E-state index is 13.0. The topological polar surface area (TPSA) is 82.6 Å². The first-order valence-electron chi connectivity index (χ1n) is 9.53. The van der Waals surface area contributed by atoms with Crippen molar-refractivity contribution in [2.45, 2.75) is 25.7 Å². The van der Waals surface area contributed by atoms with Gasteiger partial charge in [-0.15, -0.1) is 11.3 Å². The highest BCUT2D eigenvalue weighted by atomic mass is 32.1. The summed E-state index contributed by atoms with van der Waals surface area (Å²) in [5.74, 6) is -1.00. The SMILES string of the molecule is CC(=O)N1CCN(C(=O)C2CCc3sc(NC(=O)c4ccc(F)cc4)nc32)CC1. The molecule has 1 saturated heterocycles. The number of amides is 3. The van der Waals surface area contributed by atoms with Crippen molar-refractivity contribution >= 4 is 34.2 Å². The van der Waals surface area contributed by atoms with Crippen molar-refractivity contribution in [1.29, 1.82) is 0 Å². The number of hydrogen-bond acceptors (Lipinski definition) is 5. The minimum absolute atomic E-state index is 0.0290. The molecule has 9 heteroatoms. The summed E-state index contributed by atoms with van der Waals surface area (Å²) in [5.41, 5.74) is 1.08. The van der Waals surface area contributed by atoms with E-state index >= 15 is 0 Å². The maximum Gasteiger partial charge on any atom is 0.257 e. The van der Waals surface area contributed by atoms with E-state index in [1.807, 2.05) is 0 Å². The highest BCUT2D eigenvalue weighted by molar-refractivity contribution is 7.16. The third-order valence-corrected chi connectivity index (χ3v) is 6.43. The molecule has 1 aromatic heterocycles. The van der Waals surface area contributed by atoms with Crippen LogP contribution in [0.2, 0.25) is 0 Å². The number of rotatable bonds is 3. The molecule has 29 heavy (non-hydrogen) atoms. The van der Waals surface area contributed by atoms with Crippen LogP contribution in [0.15, 0.2) is 24.3 Å². The molecule has 1 unspecified atom stereocenters. The van der Waals surface area contributed by atoms with Crippen molar-refractivity contribution < 1.29 is 18.8 Å². The van der Waals surface area contributed by atoms with E-state index in [0.29, 0.717) is 43.3 Å². The smallest absolute Gasteiger partial charge is 0.257 e. The van der Waals surface area contributed by atoms with E-state index < -0.39 is 5.82 Å². The second-order valence-corrected chi connectivity index (χ2v) is 8.29. The van der Waals surface area contributed by atoms with Gasteiger partial charge in [0.15, 0.2) is 5.13 Å². The van der Waals surface area contributed by atoms with Gasteiger partial charge in [-0.1, -0.05) is 0 Å². The molecule has 1 N–H and O–H groups in total. The Balaban J connectivity index is 1.42. The first-order chi connectivity index (χ1) is 13.9. The Morgan fingerprint density at radius 2 is 1.76 bits per heavy atom. The first-order valence-corrected chi connectivity index (χ1v) is 10.3. The Hall–Kier alpha value is -2.81. The van der Waals surface area contributed by atoms with E-state index in [0.717, 1.165) is 17.0 Å². The number of benzene rings is 1. The maximum absolute atomic E-state index is 13.0. The molecule has 2 aliphatic rings. The lowest BCUT2D eigenvalue weighted by molar-refractivity contribution is -0.139. The van der Waals surface area contributed by atoms with Crippen LogP contribution in [0.5, 0.6) is 0 Å². The van der Waals surface area contributed by atoms with Gasteiger partial charge in [0.2, 0.25) is 11.8 Å². The molecular formula is C20H21FN4O3S. The van der Waals surface area contributed by atoms with Crippen LogP contribution < -0.4 is 5.32 Å². The summed E-state index contributed by atoms with van der Waals surface area (Å²) in [5, 5.41) is 3.19. The number of fused-ring (bicyclic) bond motifs is 1. The number of carbonyl (C=O) groups excluding carboxylic acids is 3. The monoisotopic (exact) mass is 416 g/mol. The molecule has 0 saturated carbocycles. The summed E-state index contributed by atoms with van der Waals surface area (Å²) in [6.45, 7) is 3.70. The zero-order valence-corrected chi connectivity index (χ0v) is 16.8. The fourth-order valence-electron chi connectivity index (χ4n) is 3.75. The second kappa shape index (κ2) is 7.90. The normalized spacial score (nSPS) is 18.5. The van der Waals surface area contributed by atoms with E-state index in [1.54, 1.807) is 9.80 Å². The summed E-state index contributed by atoms with van der Waals surface area (Å²) in [4.78, 5) is 45.9. The van der Waals surface area contributed by atoms with Crippen molar-refractivity contribution in [3.05, 3.63) is 46.2 Å². The van der Waals surface area contributed by atoms with Gasteiger partial charge in [-0.25, -0.2) is 9.37 Å². The Morgan fingerprint density at radius 1 is 1.10 bits per heavy atom. The van der Waals surface area contributed by atoms with Gasteiger partial charge in [0, 0.05) is 43.5 Å². The zero-order chi connectivity index (χ0) is 20.5. The van der Waals surface area contributed by atoms with Crippen LogP contribution in [0.1, 0.15) is 40.2 Å². The number of anilines is 1. The highest BCUT2D eigenvalue weighted by Gasteiger charge is 2.36. The lowest BCUT2D eigenvalue weighted by Gasteiger charge is -2.35. The number of halogens is 1. The Kier molecular flexibility index (Phi) is 5.31. The standard InChI is InChI=1S/C20H21FN4O3S/c1-12(26)24-8-10-25(11-9-24)19(28)15-6-7-16-17(15)22-20(29-16)23-18(27)13-2-4-14(21)5-3-13/h2-5,15H,6-11H2,1H3,(H,22,23,27). The predicted molar refractivity (Wildman–Crippen MR) is 106 cm³/mol. The van der Waals surface area contributed by atoms with Crippen molar-refractivity contribution in [2.75, 3.05) is 31.5 Å². The Morgan fingerprint density at radius 3 is 2.41 bits per heavy atom. The molecule has 152 valence electrons. The molecule has 1 aliphatic heterocycles. The number of piperazine rings is 1. The molecule has 1 aliphatic carbocycles. The summed E-state index contributed by atoms with van der Waals surface area (Å²) < 4.78 is 13.0. The van der Waals surface area contributed by atoms with E-state index in [1.165, 1.54) is 42.5 Å². The number of nitrogens with zero attached hydrogens (tertiary/aromatic N) is 3. The minimum atomic E-state index is -0.403. The molecule has 0 radical (unpaired) electrons.